The number of pyridine rings is 1. The molecule has 0 aliphatic carbocycles. The number of aromatic nitrogens is 1. The smallest absolute Gasteiger partial charge is 0.379 e. The van der Waals surface area contributed by atoms with Crippen molar-refractivity contribution in [1.29, 1.82) is 0 Å². The highest BCUT2D eigenvalue weighted by molar-refractivity contribution is 5.61. The molecule has 0 radical (unpaired) electrons. The standard InChI is InChI=1S/C9H7F6N3O2/c10-8(11,12)1-2-16-5-3-7(9(13,14)15)17-4-6(5)18(19)20/h3-4H,1-2H2,(H,16,17). The number of alkyl halides is 6. The van der Waals surface area contributed by atoms with Crippen LogP contribution in [0.5, 0.6) is 0 Å². The molecule has 1 N–H and O–H groups in total. The van der Waals surface area contributed by atoms with Crippen molar-refractivity contribution in [2.75, 3.05) is 11.9 Å². The molecular formula is C9H7F6N3O2. The lowest BCUT2D eigenvalue weighted by molar-refractivity contribution is -0.384. The quantitative estimate of drug-likeness (QED) is 0.526. The molecule has 0 bridgehead atoms. The summed E-state index contributed by atoms with van der Waals surface area (Å²) >= 11 is 0. The molecule has 0 aliphatic rings. The second-order valence-electron chi connectivity index (χ2n) is 3.63. The Kier molecular flexibility index (Phi) is 4.40. The third-order valence-electron chi connectivity index (χ3n) is 2.09. The molecule has 1 heterocycles. The van der Waals surface area contributed by atoms with Gasteiger partial charge in [-0.3, -0.25) is 10.1 Å². The largest absolute Gasteiger partial charge is 0.433 e. The fourth-order valence-corrected chi connectivity index (χ4v) is 1.23. The van der Waals surface area contributed by atoms with Gasteiger partial charge in [0.15, 0.2) is 0 Å². The van der Waals surface area contributed by atoms with Crippen molar-refractivity contribution < 1.29 is 31.3 Å². The van der Waals surface area contributed by atoms with E-state index in [0.29, 0.717) is 12.3 Å². The molecule has 0 fully saturated rings. The molecule has 0 aromatic carbocycles. The van der Waals surface area contributed by atoms with Crippen LogP contribution in [-0.2, 0) is 6.18 Å². The lowest BCUT2D eigenvalue weighted by Crippen LogP contribution is -2.16. The van der Waals surface area contributed by atoms with Crippen molar-refractivity contribution >= 4 is 11.4 Å². The first-order chi connectivity index (χ1) is 9.00. The number of nitro groups is 1. The van der Waals surface area contributed by atoms with Crippen LogP contribution in [0.15, 0.2) is 12.3 Å². The second kappa shape index (κ2) is 5.51. The fraction of sp³-hybridized carbons (Fsp3) is 0.444. The molecule has 0 atom stereocenters. The van der Waals surface area contributed by atoms with Crippen molar-refractivity contribution in [3.63, 3.8) is 0 Å². The second-order valence-corrected chi connectivity index (χ2v) is 3.63. The zero-order valence-corrected chi connectivity index (χ0v) is 9.55. The zero-order chi connectivity index (χ0) is 15.6. The first-order valence-corrected chi connectivity index (χ1v) is 5.03. The topological polar surface area (TPSA) is 68.1 Å². The molecule has 0 amide bonds. The summed E-state index contributed by atoms with van der Waals surface area (Å²) in [6, 6.07) is 0.300. The Hall–Kier alpha value is -2.07. The van der Waals surface area contributed by atoms with Crippen LogP contribution < -0.4 is 5.32 Å². The molecule has 20 heavy (non-hydrogen) atoms. The number of hydrogen-bond donors (Lipinski definition) is 1. The lowest BCUT2D eigenvalue weighted by atomic mass is 10.2. The van der Waals surface area contributed by atoms with Gasteiger partial charge in [-0.2, -0.15) is 26.3 Å². The summed E-state index contributed by atoms with van der Waals surface area (Å²) in [4.78, 5) is 12.4. The number of rotatable bonds is 4. The predicted molar refractivity (Wildman–Crippen MR) is 55.1 cm³/mol. The molecule has 0 aliphatic heterocycles. The Morgan fingerprint density at radius 3 is 2.30 bits per heavy atom. The van der Waals surface area contributed by atoms with E-state index in [1.807, 2.05) is 5.32 Å². The number of anilines is 1. The van der Waals surface area contributed by atoms with E-state index in [1.54, 1.807) is 0 Å². The highest BCUT2D eigenvalue weighted by atomic mass is 19.4. The third-order valence-corrected chi connectivity index (χ3v) is 2.09. The monoisotopic (exact) mass is 303 g/mol. The van der Waals surface area contributed by atoms with Crippen molar-refractivity contribution in [1.82, 2.24) is 4.98 Å². The lowest BCUT2D eigenvalue weighted by Gasteiger charge is -2.11. The Labute approximate surface area is 107 Å². The number of nitrogens with zero attached hydrogens (tertiary/aromatic N) is 2. The highest BCUT2D eigenvalue weighted by Gasteiger charge is 2.34. The summed E-state index contributed by atoms with van der Waals surface area (Å²) in [5.41, 5.74) is -2.93. The van der Waals surface area contributed by atoms with Gasteiger partial charge in [0.05, 0.1) is 11.3 Å². The van der Waals surface area contributed by atoms with Gasteiger partial charge in [0.25, 0.3) is 0 Å². The molecule has 0 unspecified atom stereocenters. The Morgan fingerprint density at radius 1 is 1.25 bits per heavy atom. The van der Waals surface area contributed by atoms with Crippen LogP contribution in [0.25, 0.3) is 0 Å². The first kappa shape index (κ1) is 16.0. The Bertz CT molecular complexity index is 499. The summed E-state index contributed by atoms with van der Waals surface area (Å²) in [5, 5.41) is 12.5. The van der Waals surface area contributed by atoms with Crippen molar-refractivity contribution in [3.05, 3.63) is 28.1 Å². The zero-order valence-electron chi connectivity index (χ0n) is 9.55. The molecule has 0 spiro atoms. The minimum Gasteiger partial charge on any atom is -0.379 e. The van der Waals surface area contributed by atoms with E-state index < -0.39 is 47.3 Å². The molecule has 5 nitrogen and oxygen atoms in total. The first-order valence-electron chi connectivity index (χ1n) is 5.03. The molecule has 1 rings (SSSR count). The summed E-state index contributed by atoms with van der Waals surface area (Å²) in [5.74, 6) is 0. The van der Waals surface area contributed by atoms with Crippen LogP contribution in [0.4, 0.5) is 37.7 Å². The summed E-state index contributed by atoms with van der Waals surface area (Å²) in [7, 11) is 0. The van der Waals surface area contributed by atoms with E-state index >= 15 is 0 Å². The highest BCUT2D eigenvalue weighted by Crippen LogP contribution is 2.33. The van der Waals surface area contributed by atoms with Crippen LogP contribution in [0.1, 0.15) is 12.1 Å². The molecule has 11 heteroatoms. The SMILES string of the molecule is O=[N+]([O-])c1cnc(C(F)(F)F)cc1NCCC(F)(F)F. The van der Waals surface area contributed by atoms with Gasteiger partial charge in [-0.15, -0.1) is 0 Å². The molecular weight excluding hydrogens is 296 g/mol. The van der Waals surface area contributed by atoms with Crippen LogP contribution in [0.2, 0.25) is 0 Å². The Morgan fingerprint density at radius 2 is 1.85 bits per heavy atom. The Balaban J connectivity index is 2.98. The maximum Gasteiger partial charge on any atom is 0.433 e. The summed E-state index contributed by atoms with van der Waals surface area (Å²) < 4.78 is 72.9. The summed E-state index contributed by atoms with van der Waals surface area (Å²) in [6.45, 7) is -0.786. The van der Waals surface area contributed by atoms with Crippen LogP contribution in [0, 0.1) is 10.1 Å². The van der Waals surface area contributed by atoms with E-state index in [2.05, 4.69) is 4.98 Å². The maximum atomic E-state index is 12.4. The number of nitrogens with one attached hydrogen (secondary N) is 1. The average Bonchev–Trinajstić information content (AvgIpc) is 2.25. The number of hydrogen-bond acceptors (Lipinski definition) is 4. The molecule has 1 aromatic heterocycles. The van der Waals surface area contributed by atoms with Gasteiger partial charge in [0.1, 0.15) is 17.6 Å². The van der Waals surface area contributed by atoms with E-state index in [0.717, 1.165) is 0 Å². The number of halogens is 6. The van der Waals surface area contributed by atoms with E-state index in [1.165, 1.54) is 0 Å². The van der Waals surface area contributed by atoms with Crippen molar-refractivity contribution in [3.8, 4) is 0 Å². The maximum absolute atomic E-state index is 12.4. The third kappa shape index (κ3) is 4.55. The molecule has 0 saturated carbocycles. The molecule has 1 aromatic rings. The molecule has 0 saturated heterocycles. The van der Waals surface area contributed by atoms with Crippen molar-refractivity contribution in [2.24, 2.45) is 0 Å². The van der Waals surface area contributed by atoms with Gasteiger partial charge in [0, 0.05) is 6.54 Å². The van der Waals surface area contributed by atoms with Crippen molar-refractivity contribution in [2.45, 2.75) is 18.8 Å². The van der Waals surface area contributed by atoms with Gasteiger partial charge >= 0.3 is 18.0 Å². The van der Waals surface area contributed by atoms with Crippen LogP contribution in [-0.4, -0.2) is 22.6 Å². The van der Waals surface area contributed by atoms with Gasteiger partial charge in [-0.25, -0.2) is 4.98 Å². The van der Waals surface area contributed by atoms with E-state index in [4.69, 9.17) is 0 Å². The van der Waals surface area contributed by atoms with Gasteiger partial charge < -0.3 is 5.32 Å². The van der Waals surface area contributed by atoms with Crippen LogP contribution in [0.3, 0.4) is 0 Å². The average molecular weight is 303 g/mol. The van der Waals surface area contributed by atoms with E-state index in [9.17, 15) is 36.5 Å². The predicted octanol–water partition coefficient (Wildman–Crippen LogP) is 3.37. The molecule has 112 valence electrons. The normalized spacial score (nSPS) is 12.3. The minimum atomic E-state index is -4.85. The van der Waals surface area contributed by atoms with Gasteiger partial charge in [-0.1, -0.05) is 0 Å². The fourth-order valence-electron chi connectivity index (χ4n) is 1.23. The summed E-state index contributed by atoms with van der Waals surface area (Å²) in [6.07, 6.45) is -10.4. The van der Waals surface area contributed by atoms with Crippen LogP contribution >= 0.6 is 0 Å². The minimum absolute atomic E-state index is 0.300. The van der Waals surface area contributed by atoms with E-state index in [-0.39, 0.29) is 0 Å². The van der Waals surface area contributed by atoms with Gasteiger partial charge in [-0.05, 0) is 6.07 Å². The van der Waals surface area contributed by atoms with Gasteiger partial charge in [0.2, 0.25) is 0 Å².